The summed E-state index contributed by atoms with van der Waals surface area (Å²) in [6, 6.07) is 9.86. The number of carbonyl (C=O) groups is 1. The molecule has 1 saturated carbocycles. The van der Waals surface area contributed by atoms with Gasteiger partial charge in [-0.3, -0.25) is 4.79 Å². The topological polar surface area (TPSA) is 26.3 Å². The molecule has 0 aliphatic heterocycles. The van der Waals surface area contributed by atoms with Gasteiger partial charge in [0.1, 0.15) is 6.61 Å². The third-order valence-electron chi connectivity index (χ3n) is 4.50. The number of allylic oxidation sites excluding steroid dienone is 1. The highest BCUT2D eigenvalue weighted by molar-refractivity contribution is 6.67. The van der Waals surface area contributed by atoms with Gasteiger partial charge in [-0.2, -0.15) is 0 Å². The standard InChI is InChI=1S/C18H20Cl4O2/c1-17(2)14(11-18(20,21)22)15(17)16(23)24-9-8-13(19)10-12-6-4-3-5-7-12/h3-8,14-15H,9-11H2,1-2H3. The summed E-state index contributed by atoms with van der Waals surface area (Å²) in [7, 11) is 0. The molecule has 1 aromatic rings. The van der Waals surface area contributed by atoms with Crippen molar-refractivity contribution >= 4 is 52.4 Å². The van der Waals surface area contributed by atoms with Crippen LogP contribution in [0.5, 0.6) is 0 Å². The van der Waals surface area contributed by atoms with Gasteiger partial charge in [-0.05, 0) is 29.4 Å². The molecule has 2 unspecified atom stereocenters. The van der Waals surface area contributed by atoms with Gasteiger partial charge in [0.25, 0.3) is 0 Å². The van der Waals surface area contributed by atoms with Crippen LogP contribution in [0.1, 0.15) is 25.8 Å². The minimum Gasteiger partial charge on any atom is -0.461 e. The van der Waals surface area contributed by atoms with Crippen LogP contribution in [-0.4, -0.2) is 16.4 Å². The second kappa shape index (κ2) is 7.86. The van der Waals surface area contributed by atoms with E-state index in [1.165, 1.54) is 0 Å². The van der Waals surface area contributed by atoms with Gasteiger partial charge in [-0.15, -0.1) is 0 Å². The Kier molecular flexibility index (Phi) is 6.52. The van der Waals surface area contributed by atoms with E-state index in [1.807, 2.05) is 44.2 Å². The van der Waals surface area contributed by atoms with Crippen LogP contribution in [0, 0.1) is 17.3 Å². The normalized spacial score (nSPS) is 23.0. The Hall–Kier alpha value is -0.410. The molecule has 1 aromatic carbocycles. The van der Waals surface area contributed by atoms with Crippen LogP contribution in [0.3, 0.4) is 0 Å². The summed E-state index contributed by atoms with van der Waals surface area (Å²) in [4.78, 5) is 12.2. The number of alkyl halides is 3. The number of ether oxygens (including phenoxy) is 1. The third-order valence-corrected chi connectivity index (χ3v) is 5.25. The number of carbonyl (C=O) groups excluding carboxylic acids is 1. The molecule has 2 rings (SSSR count). The first-order chi connectivity index (χ1) is 11.1. The Bertz CT molecular complexity index is 605. The average molecular weight is 410 g/mol. The number of benzene rings is 1. The van der Waals surface area contributed by atoms with Crippen molar-refractivity contribution in [3.8, 4) is 0 Å². The van der Waals surface area contributed by atoms with E-state index in [9.17, 15) is 4.79 Å². The van der Waals surface area contributed by atoms with E-state index < -0.39 is 3.79 Å². The molecule has 2 atom stereocenters. The summed E-state index contributed by atoms with van der Waals surface area (Å²) in [5.74, 6) is -0.490. The van der Waals surface area contributed by atoms with Crippen molar-refractivity contribution in [3.05, 3.63) is 47.0 Å². The minimum absolute atomic E-state index is 0.0151. The van der Waals surface area contributed by atoms with Crippen LogP contribution in [-0.2, 0) is 16.0 Å². The van der Waals surface area contributed by atoms with E-state index in [2.05, 4.69) is 0 Å². The first-order valence-electron chi connectivity index (χ1n) is 7.73. The molecular weight excluding hydrogens is 390 g/mol. The Balaban J connectivity index is 1.82. The molecule has 1 fully saturated rings. The molecule has 0 bridgehead atoms. The van der Waals surface area contributed by atoms with Crippen molar-refractivity contribution in [2.75, 3.05) is 6.61 Å². The fourth-order valence-corrected chi connectivity index (χ4v) is 3.73. The lowest BCUT2D eigenvalue weighted by Crippen LogP contribution is -2.12. The monoisotopic (exact) mass is 408 g/mol. The van der Waals surface area contributed by atoms with Crippen molar-refractivity contribution in [1.82, 2.24) is 0 Å². The van der Waals surface area contributed by atoms with Crippen LogP contribution in [0.2, 0.25) is 0 Å². The van der Waals surface area contributed by atoms with E-state index in [0.29, 0.717) is 17.9 Å². The highest BCUT2D eigenvalue weighted by Gasteiger charge is 2.63. The van der Waals surface area contributed by atoms with Crippen molar-refractivity contribution in [2.24, 2.45) is 17.3 Å². The Labute approximate surface area is 163 Å². The van der Waals surface area contributed by atoms with Crippen molar-refractivity contribution in [1.29, 1.82) is 0 Å². The molecule has 0 radical (unpaired) electrons. The second-order valence-corrected chi connectivity index (χ2v) is 9.67. The number of halogens is 4. The fourth-order valence-electron chi connectivity index (χ4n) is 3.01. The maximum absolute atomic E-state index is 12.2. The highest BCUT2D eigenvalue weighted by Crippen LogP contribution is 2.63. The predicted molar refractivity (Wildman–Crippen MR) is 101 cm³/mol. The largest absolute Gasteiger partial charge is 0.461 e. The summed E-state index contributed by atoms with van der Waals surface area (Å²) >= 11 is 23.7. The van der Waals surface area contributed by atoms with Gasteiger partial charge < -0.3 is 4.74 Å². The maximum atomic E-state index is 12.2. The molecular formula is C18H20Cl4O2. The van der Waals surface area contributed by atoms with Crippen molar-refractivity contribution in [2.45, 2.75) is 30.5 Å². The van der Waals surface area contributed by atoms with Gasteiger partial charge in [0, 0.05) is 11.5 Å². The molecule has 0 amide bonds. The molecule has 6 heteroatoms. The van der Waals surface area contributed by atoms with Crippen molar-refractivity contribution < 1.29 is 9.53 Å². The zero-order valence-corrected chi connectivity index (χ0v) is 16.6. The summed E-state index contributed by atoms with van der Waals surface area (Å²) < 4.78 is 3.97. The molecule has 2 nitrogen and oxygen atoms in total. The Morgan fingerprint density at radius 1 is 1.25 bits per heavy atom. The summed E-state index contributed by atoms with van der Waals surface area (Å²) in [6.07, 6.45) is 2.67. The lowest BCUT2D eigenvalue weighted by atomic mass is 10.1. The fraction of sp³-hybridized carbons (Fsp3) is 0.500. The smallest absolute Gasteiger partial charge is 0.310 e. The Morgan fingerprint density at radius 3 is 2.46 bits per heavy atom. The zero-order chi connectivity index (χ0) is 18.0. The first-order valence-corrected chi connectivity index (χ1v) is 9.24. The number of hydrogen-bond donors (Lipinski definition) is 0. The molecule has 0 spiro atoms. The van der Waals surface area contributed by atoms with Crippen LogP contribution in [0.25, 0.3) is 0 Å². The van der Waals surface area contributed by atoms with Gasteiger partial charge >= 0.3 is 5.97 Å². The molecule has 132 valence electrons. The van der Waals surface area contributed by atoms with Crippen LogP contribution in [0.4, 0.5) is 0 Å². The van der Waals surface area contributed by atoms with Gasteiger partial charge in [0.05, 0.1) is 5.92 Å². The van der Waals surface area contributed by atoms with Crippen LogP contribution < -0.4 is 0 Å². The van der Waals surface area contributed by atoms with Crippen LogP contribution in [0.15, 0.2) is 41.4 Å². The van der Waals surface area contributed by atoms with E-state index in [1.54, 1.807) is 6.08 Å². The summed E-state index contributed by atoms with van der Waals surface area (Å²) in [5, 5.41) is 0.641. The van der Waals surface area contributed by atoms with E-state index in [4.69, 9.17) is 51.1 Å². The molecule has 1 aliphatic rings. The molecule has 0 N–H and O–H groups in total. The molecule has 24 heavy (non-hydrogen) atoms. The summed E-state index contributed by atoms with van der Waals surface area (Å²) in [6.45, 7) is 4.12. The van der Waals surface area contributed by atoms with Gasteiger partial charge in [-0.1, -0.05) is 90.6 Å². The minimum atomic E-state index is -1.35. The number of esters is 1. The number of hydrogen-bond acceptors (Lipinski definition) is 2. The number of rotatable bonds is 6. The quantitative estimate of drug-likeness (QED) is 0.430. The summed E-state index contributed by atoms with van der Waals surface area (Å²) in [5.41, 5.74) is 0.898. The lowest BCUT2D eigenvalue weighted by Gasteiger charge is -2.10. The van der Waals surface area contributed by atoms with Crippen LogP contribution >= 0.6 is 46.4 Å². The van der Waals surface area contributed by atoms with Gasteiger partial charge in [-0.25, -0.2) is 0 Å². The predicted octanol–water partition coefficient (Wildman–Crippen LogP) is 5.93. The van der Waals surface area contributed by atoms with E-state index >= 15 is 0 Å². The van der Waals surface area contributed by atoms with Gasteiger partial charge in [0.15, 0.2) is 3.79 Å². The first kappa shape index (κ1) is 19.9. The second-order valence-electron chi connectivity index (χ2n) is 6.67. The molecule has 0 aromatic heterocycles. The Morgan fingerprint density at radius 2 is 1.88 bits per heavy atom. The molecule has 0 saturated heterocycles. The SMILES string of the molecule is CC1(C)C(CC(Cl)(Cl)Cl)C1C(=O)OCC=C(Cl)Cc1ccccc1. The lowest BCUT2D eigenvalue weighted by molar-refractivity contribution is -0.145. The maximum Gasteiger partial charge on any atom is 0.310 e. The van der Waals surface area contributed by atoms with E-state index in [0.717, 1.165) is 5.56 Å². The highest BCUT2D eigenvalue weighted by atomic mass is 35.6. The van der Waals surface area contributed by atoms with Gasteiger partial charge in [0.2, 0.25) is 0 Å². The molecule has 1 aliphatic carbocycles. The molecule has 0 heterocycles. The average Bonchev–Trinajstić information content (AvgIpc) is 2.98. The third kappa shape index (κ3) is 5.56. The van der Waals surface area contributed by atoms with Crippen molar-refractivity contribution in [3.63, 3.8) is 0 Å². The zero-order valence-electron chi connectivity index (χ0n) is 13.6. The van der Waals surface area contributed by atoms with E-state index in [-0.39, 0.29) is 29.8 Å².